The highest BCUT2D eigenvalue weighted by Crippen LogP contribution is 2.49. The van der Waals surface area contributed by atoms with Crippen molar-refractivity contribution in [3.8, 4) is 73.7 Å². The Bertz CT molecular complexity index is 4470. The fourth-order valence-electron chi connectivity index (χ4n) is 11.4. The van der Waals surface area contributed by atoms with Crippen LogP contribution in [0.25, 0.3) is 139 Å². The van der Waals surface area contributed by atoms with E-state index in [1.807, 2.05) is 60.7 Å². The molecular formula is C68H43N7. The number of fused-ring (bicyclic) bond motifs is 9. The summed E-state index contributed by atoms with van der Waals surface area (Å²) >= 11 is 0. The predicted octanol–water partition coefficient (Wildman–Crippen LogP) is 16.9. The monoisotopic (exact) mass is 957 g/mol. The van der Waals surface area contributed by atoms with E-state index in [0.29, 0.717) is 17.5 Å². The van der Waals surface area contributed by atoms with Gasteiger partial charge in [0.05, 0.1) is 38.8 Å². The Kier molecular flexibility index (Phi) is 9.75. The Balaban J connectivity index is 1.12. The van der Waals surface area contributed by atoms with Crippen molar-refractivity contribution in [3.05, 3.63) is 261 Å². The molecule has 0 aliphatic heterocycles. The van der Waals surface area contributed by atoms with E-state index in [9.17, 15) is 0 Å². The Labute approximate surface area is 431 Å². The van der Waals surface area contributed by atoms with Gasteiger partial charge in [0.25, 0.3) is 0 Å². The third kappa shape index (κ3) is 6.75. The zero-order chi connectivity index (χ0) is 49.4. The van der Waals surface area contributed by atoms with Crippen LogP contribution < -0.4 is 0 Å². The van der Waals surface area contributed by atoms with E-state index in [2.05, 4.69) is 214 Å². The molecule has 5 aromatic heterocycles. The summed E-state index contributed by atoms with van der Waals surface area (Å²) in [5.74, 6) is 3.43. The average molecular weight is 958 g/mol. The first-order valence-electron chi connectivity index (χ1n) is 25.3. The standard InChI is InChI=1S/C68H43N7/c1-4-22-44(23-5-1)62-61(45-40-42-48(43-41-45)66-70-64(46-24-6-2-7-25-46)69-65(71-66)47-26-8-3-9-27-47)63(73-55-34-16-10-28-49(55)50-29-11-17-35-56(50)73)68(75-59-38-20-14-32-53(59)54-33-15-21-39-60(54)75)72-67(62)74-57-36-18-12-30-51(57)52-31-13-19-37-58(52)74/h1-43H. The molecule has 15 aromatic rings. The first-order valence-corrected chi connectivity index (χ1v) is 25.3. The minimum absolute atomic E-state index is 0.590. The molecule has 0 atom stereocenters. The van der Waals surface area contributed by atoms with Crippen molar-refractivity contribution in [2.75, 3.05) is 0 Å². The molecule has 5 heterocycles. The van der Waals surface area contributed by atoms with Crippen LogP contribution in [0.3, 0.4) is 0 Å². The van der Waals surface area contributed by atoms with Crippen molar-refractivity contribution < 1.29 is 0 Å². The van der Waals surface area contributed by atoms with Crippen LogP contribution in [0.15, 0.2) is 261 Å². The molecule has 7 nitrogen and oxygen atoms in total. The average Bonchev–Trinajstić information content (AvgIpc) is 4.14. The molecule has 7 heteroatoms. The molecule has 0 fully saturated rings. The maximum Gasteiger partial charge on any atom is 0.165 e. The van der Waals surface area contributed by atoms with E-state index in [4.69, 9.17) is 19.9 Å². The SMILES string of the molecule is c1ccc(-c2nc(-c3ccccc3)nc(-c3ccc(-c4c(-c5ccccc5)c(-n5c6ccccc6c6ccccc65)nc(-n5c6ccccc6c6ccccc65)c4-n4c5ccccc5c5ccccc54)cc3)n2)cc1. The number of hydrogen-bond donors (Lipinski definition) is 0. The molecule has 75 heavy (non-hydrogen) atoms. The lowest BCUT2D eigenvalue weighted by molar-refractivity contribution is 0.987. The molecule has 0 saturated carbocycles. The first kappa shape index (κ1) is 42.4. The van der Waals surface area contributed by atoms with Crippen LogP contribution in [0.4, 0.5) is 0 Å². The van der Waals surface area contributed by atoms with Crippen LogP contribution in [0, 0.1) is 0 Å². The normalized spacial score (nSPS) is 11.7. The minimum atomic E-state index is 0.590. The molecule has 0 bridgehead atoms. The van der Waals surface area contributed by atoms with Gasteiger partial charge in [-0.1, -0.05) is 224 Å². The molecule has 350 valence electrons. The summed E-state index contributed by atoms with van der Waals surface area (Å²) in [7, 11) is 0. The molecule has 0 saturated heterocycles. The number of hydrogen-bond acceptors (Lipinski definition) is 4. The van der Waals surface area contributed by atoms with Gasteiger partial charge in [0.1, 0.15) is 5.82 Å². The quantitative estimate of drug-likeness (QED) is 0.152. The van der Waals surface area contributed by atoms with E-state index in [-0.39, 0.29) is 0 Å². The molecular weight excluding hydrogens is 915 g/mol. The summed E-state index contributed by atoms with van der Waals surface area (Å²) in [6, 6.07) is 92.3. The molecule has 0 aliphatic carbocycles. The summed E-state index contributed by atoms with van der Waals surface area (Å²) in [5.41, 5.74) is 14.1. The van der Waals surface area contributed by atoms with Crippen molar-refractivity contribution in [3.63, 3.8) is 0 Å². The number of benzene rings is 10. The largest absolute Gasteiger partial charge is 0.305 e. The number of aromatic nitrogens is 7. The summed E-state index contributed by atoms with van der Waals surface area (Å²) in [4.78, 5) is 21.6. The topological polar surface area (TPSA) is 66.3 Å². The highest BCUT2D eigenvalue weighted by Gasteiger charge is 2.31. The van der Waals surface area contributed by atoms with Gasteiger partial charge in [0.2, 0.25) is 0 Å². The van der Waals surface area contributed by atoms with E-state index in [0.717, 1.165) is 122 Å². The highest BCUT2D eigenvalue weighted by atomic mass is 15.2. The van der Waals surface area contributed by atoms with Gasteiger partial charge < -0.3 is 4.57 Å². The van der Waals surface area contributed by atoms with E-state index in [1.54, 1.807) is 0 Å². The lowest BCUT2D eigenvalue weighted by Crippen LogP contribution is -2.13. The fraction of sp³-hybridized carbons (Fsp3) is 0. The Morgan fingerprint density at radius 1 is 0.200 bits per heavy atom. The third-order valence-electron chi connectivity index (χ3n) is 14.7. The second kappa shape index (κ2) is 17.2. The van der Waals surface area contributed by atoms with Crippen LogP contribution >= 0.6 is 0 Å². The number of para-hydroxylation sites is 6. The van der Waals surface area contributed by atoms with Gasteiger partial charge in [0.15, 0.2) is 23.3 Å². The van der Waals surface area contributed by atoms with Gasteiger partial charge in [-0.15, -0.1) is 0 Å². The highest BCUT2D eigenvalue weighted by molar-refractivity contribution is 6.14. The van der Waals surface area contributed by atoms with Crippen LogP contribution in [-0.2, 0) is 0 Å². The Morgan fingerprint density at radius 2 is 0.467 bits per heavy atom. The van der Waals surface area contributed by atoms with Gasteiger partial charge in [-0.2, -0.15) is 0 Å². The number of rotatable bonds is 8. The van der Waals surface area contributed by atoms with E-state index < -0.39 is 0 Å². The molecule has 0 N–H and O–H groups in total. The zero-order valence-electron chi connectivity index (χ0n) is 40.5. The summed E-state index contributed by atoms with van der Waals surface area (Å²) in [6.45, 7) is 0. The second-order valence-electron chi connectivity index (χ2n) is 18.9. The zero-order valence-corrected chi connectivity index (χ0v) is 40.5. The van der Waals surface area contributed by atoms with E-state index >= 15 is 0 Å². The first-order chi connectivity index (χ1) is 37.2. The molecule has 0 aliphatic rings. The molecule has 0 spiro atoms. The van der Waals surface area contributed by atoms with Crippen LogP contribution in [0.2, 0.25) is 0 Å². The summed E-state index contributed by atoms with van der Waals surface area (Å²) in [6.07, 6.45) is 0. The van der Waals surface area contributed by atoms with Gasteiger partial charge in [0, 0.05) is 60.1 Å². The second-order valence-corrected chi connectivity index (χ2v) is 18.9. The summed E-state index contributed by atoms with van der Waals surface area (Å²) < 4.78 is 7.25. The number of nitrogens with zero attached hydrogens (tertiary/aromatic N) is 7. The Morgan fingerprint density at radius 3 is 0.840 bits per heavy atom. The van der Waals surface area contributed by atoms with Gasteiger partial charge in [-0.25, -0.2) is 19.9 Å². The van der Waals surface area contributed by atoms with Crippen molar-refractivity contribution in [2.24, 2.45) is 0 Å². The van der Waals surface area contributed by atoms with Gasteiger partial charge >= 0.3 is 0 Å². The van der Waals surface area contributed by atoms with Crippen LogP contribution in [-0.4, -0.2) is 33.6 Å². The lowest BCUT2D eigenvalue weighted by atomic mass is 9.92. The van der Waals surface area contributed by atoms with Crippen molar-refractivity contribution in [1.29, 1.82) is 0 Å². The molecule has 10 aromatic carbocycles. The fourth-order valence-corrected chi connectivity index (χ4v) is 11.4. The van der Waals surface area contributed by atoms with Crippen molar-refractivity contribution in [1.82, 2.24) is 33.6 Å². The smallest absolute Gasteiger partial charge is 0.165 e. The molecule has 15 rings (SSSR count). The maximum atomic E-state index is 6.21. The lowest BCUT2D eigenvalue weighted by Gasteiger charge is -2.26. The molecule has 0 radical (unpaired) electrons. The molecule has 0 amide bonds. The minimum Gasteiger partial charge on any atom is -0.305 e. The van der Waals surface area contributed by atoms with Crippen molar-refractivity contribution in [2.45, 2.75) is 0 Å². The Hall–Kier alpha value is -10.2. The third-order valence-corrected chi connectivity index (χ3v) is 14.7. The van der Waals surface area contributed by atoms with Gasteiger partial charge in [-0.05, 0) is 47.5 Å². The number of pyridine rings is 1. The molecule has 0 unspecified atom stereocenters. The van der Waals surface area contributed by atoms with E-state index in [1.165, 1.54) is 0 Å². The predicted molar refractivity (Wildman–Crippen MR) is 308 cm³/mol. The maximum absolute atomic E-state index is 6.21. The van der Waals surface area contributed by atoms with Gasteiger partial charge in [-0.3, -0.25) is 9.13 Å². The van der Waals surface area contributed by atoms with Crippen molar-refractivity contribution >= 4 is 65.4 Å². The summed E-state index contributed by atoms with van der Waals surface area (Å²) in [5, 5.41) is 6.95. The van der Waals surface area contributed by atoms with Crippen LogP contribution in [0.1, 0.15) is 0 Å². The van der Waals surface area contributed by atoms with Crippen LogP contribution in [0.5, 0.6) is 0 Å².